The minimum atomic E-state index is -1.27. The number of aliphatic carboxylic acids is 2. The second kappa shape index (κ2) is 18.1. The van der Waals surface area contributed by atoms with Crippen LogP contribution in [0, 0.1) is 11.8 Å². The second-order valence-corrected chi connectivity index (χ2v) is 5.00. The Morgan fingerprint density at radius 2 is 0.958 bits per heavy atom. The van der Waals surface area contributed by atoms with Crippen LogP contribution in [0.1, 0.15) is 60.8 Å². The third-order valence-corrected chi connectivity index (χ3v) is 2.94. The number of carboxylic acids is 2. The van der Waals surface area contributed by atoms with Crippen molar-refractivity contribution in [2.45, 2.75) is 66.9 Å². The molecular formula is C16H27AlO7. The third-order valence-electron chi connectivity index (χ3n) is 2.94. The molecule has 7 nitrogen and oxygen atoms in total. The van der Waals surface area contributed by atoms with Gasteiger partial charge in [0.1, 0.15) is 11.6 Å². The van der Waals surface area contributed by atoms with Gasteiger partial charge in [-0.05, 0) is 26.7 Å². The van der Waals surface area contributed by atoms with Crippen LogP contribution in [0.3, 0.4) is 0 Å². The van der Waals surface area contributed by atoms with E-state index >= 15 is 0 Å². The van der Waals surface area contributed by atoms with Gasteiger partial charge < -0.3 is 24.9 Å². The van der Waals surface area contributed by atoms with Crippen LogP contribution in [-0.2, 0) is 19.2 Å². The number of hydrogen-bond acceptors (Lipinski definition) is 7. The monoisotopic (exact) mass is 358 g/mol. The third kappa shape index (κ3) is 18.8. The maximum atomic E-state index is 10.4. The smallest absolute Gasteiger partial charge is 0.852 e. The van der Waals surface area contributed by atoms with Crippen molar-refractivity contribution in [2.75, 3.05) is 0 Å². The van der Waals surface area contributed by atoms with Gasteiger partial charge in [0.05, 0.1) is 23.8 Å². The maximum Gasteiger partial charge on any atom is 3.00 e. The molecule has 0 saturated heterocycles. The predicted octanol–water partition coefficient (Wildman–Crippen LogP) is -1.53. The Morgan fingerprint density at radius 1 is 0.750 bits per heavy atom. The Labute approximate surface area is 154 Å². The summed E-state index contributed by atoms with van der Waals surface area (Å²) >= 11 is 0. The molecule has 0 aromatic carbocycles. The fourth-order valence-corrected chi connectivity index (χ4v) is 1.24. The zero-order valence-corrected chi connectivity index (χ0v) is 16.4. The van der Waals surface area contributed by atoms with Crippen LogP contribution >= 0.6 is 0 Å². The van der Waals surface area contributed by atoms with Crippen molar-refractivity contribution in [3.05, 3.63) is 0 Å². The summed E-state index contributed by atoms with van der Waals surface area (Å²) in [6.07, 6.45) is 1.02. The molecule has 0 saturated carbocycles. The molecule has 136 valence electrons. The molecule has 0 fully saturated rings. The number of ketones is 2. The van der Waals surface area contributed by atoms with Gasteiger partial charge in [-0.1, -0.05) is 34.1 Å². The summed E-state index contributed by atoms with van der Waals surface area (Å²) in [5, 5.41) is 30.0. The molecule has 3 unspecified atom stereocenters. The van der Waals surface area contributed by atoms with Crippen molar-refractivity contribution in [1.82, 2.24) is 0 Å². The topological polar surface area (TPSA) is 137 Å². The van der Waals surface area contributed by atoms with Gasteiger partial charge in [-0.3, -0.25) is 9.59 Å². The van der Waals surface area contributed by atoms with E-state index in [-0.39, 0.29) is 35.0 Å². The molecule has 0 radical (unpaired) electrons. The molecule has 0 spiro atoms. The molecule has 3 atom stereocenters. The zero-order chi connectivity index (χ0) is 19.2. The molecule has 0 amide bonds. The van der Waals surface area contributed by atoms with Crippen molar-refractivity contribution in [3.8, 4) is 0 Å². The number of hydrogen-bond donors (Lipinski definition) is 0. The van der Waals surface area contributed by atoms with E-state index < -0.39 is 23.8 Å². The van der Waals surface area contributed by atoms with Crippen LogP contribution in [-0.4, -0.2) is 47.0 Å². The normalized spacial score (nSPS) is 12.6. The number of carbonyl (C=O) groups excluding carboxylic acids is 4. The van der Waals surface area contributed by atoms with E-state index in [4.69, 9.17) is 0 Å². The predicted molar refractivity (Wildman–Crippen MR) is 84.4 cm³/mol. The first kappa shape index (κ1) is 30.6. The summed E-state index contributed by atoms with van der Waals surface area (Å²) in [6, 6.07) is 0. The van der Waals surface area contributed by atoms with E-state index in [2.05, 4.69) is 0 Å². The van der Waals surface area contributed by atoms with E-state index in [0.717, 1.165) is 6.42 Å². The Balaban J connectivity index is -0.000000128. The number of carboxylic acid groups (broad SMARTS) is 2. The van der Waals surface area contributed by atoms with Gasteiger partial charge in [0.2, 0.25) is 0 Å². The first-order valence-corrected chi connectivity index (χ1v) is 7.54. The van der Waals surface area contributed by atoms with Crippen molar-refractivity contribution in [2.24, 2.45) is 11.8 Å². The molecule has 0 aromatic heterocycles. The van der Waals surface area contributed by atoms with Gasteiger partial charge in [0.15, 0.2) is 0 Å². The fourth-order valence-electron chi connectivity index (χ4n) is 1.24. The van der Waals surface area contributed by atoms with Crippen molar-refractivity contribution < 1.29 is 34.5 Å². The van der Waals surface area contributed by atoms with Gasteiger partial charge in [-0.25, -0.2) is 0 Å². The van der Waals surface area contributed by atoms with Gasteiger partial charge >= 0.3 is 17.4 Å². The van der Waals surface area contributed by atoms with Gasteiger partial charge in [0.25, 0.3) is 0 Å². The molecule has 0 aliphatic carbocycles. The largest absolute Gasteiger partial charge is 3.00 e. The van der Waals surface area contributed by atoms with E-state index in [0.29, 0.717) is 12.8 Å². The fraction of sp³-hybridized carbons (Fsp3) is 0.750. The number of carbonyl (C=O) groups is 4. The molecule has 0 N–H and O–H groups in total. The molecule has 8 heteroatoms. The molecular weight excluding hydrogens is 331 g/mol. The van der Waals surface area contributed by atoms with E-state index in [9.17, 15) is 34.5 Å². The Bertz CT molecular complexity index is 321. The summed E-state index contributed by atoms with van der Waals surface area (Å²) in [5.41, 5.74) is 0. The number of rotatable bonds is 7. The number of Topliss-reactive ketones (excluding diaryl/α,β-unsaturated/α-hetero) is 2. The van der Waals surface area contributed by atoms with Crippen molar-refractivity contribution in [1.29, 1.82) is 0 Å². The summed E-state index contributed by atoms with van der Waals surface area (Å²) in [4.78, 5) is 40.9. The van der Waals surface area contributed by atoms with Crippen LogP contribution in [0.25, 0.3) is 0 Å². The minimum Gasteiger partial charge on any atom is -0.852 e. The zero-order valence-electron chi connectivity index (χ0n) is 15.3. The van der Waals surface area contributed by atoms with E-state index in [1.165, 1.54) is 13.8 Å². The van der Waals surface area contributed by atoms with Crippen molar-refractivity contribution >= 4 is 40.9 Å². The quantitative estimate of drug-likeness (QED) is 0.397. The standard InChI is InChI=1S/2C6H10O3.C4H9O.Al/c2*1-3-5(4(2)7)6(8)9;1-3-4(2)5;/h2*5H,3H2,1-2H3,(H,8,9);4H,3H2,1-2H3;/q;;-1;+3/p-2. The summed E-state index contributed by atoms with van der Waals surface area (Å²) in [7, 11) is 0. The summed E-state index contributed by atoms with van der Waals surface area (Å²) < 4.78 is 0. The molecule has 0 rings (SSSR count). The molecule has 0 bridgehead atoms. The average molecular weight is 358 g/mol. The minimum absolute atomic E-state index is 0. The van der Waals surface area contributed by atoms with E-state index in [1.807, 2.05) is 6.92 Å². The second-order valence-electron chi connectivity index (χ2n) is 5.00. The van der Waals surface area contributed by atoms with Gasteiger partial charge in [-0.2, -0.15) is 0 Å². The molecule has 0 heterocycles. The molecule has 0 aliphatic rings. The first-order chi connectivity index (χ1) is 10.5. The average Bonchev–Trinajstić information content (AvgIpc) is 2.39. The van der Waals surface area contributed by atoms with Gasteiger partial charge in [0, 0.05) is 0 Å². The van der Waals surface area contributed by atoms with Gasteiger partial charge in [-0.15, -0.1) is 6.10 Å². The summed E-state index contributed by atoms with van der Waals surface area (Å²) in [6.45, 7) is 9.34. The van der Waals surface area contributed by atoms with E-state index in [1.54, 1.807) is 20.8 Å². The SMILES string of the molecule is CCC(C(C)=O)C(=O)[O-].CCC(C(C)=O)C(=O)[O-].CCC(C)[O-].[Al+3]. The van der Waals surface area contributed by atoms with Crippen LogP contribution in [0.5, 0.6) is 0 Å². The Kier molecular flexibility index (Phi) is 23.1. The Hall–Kier alpha value is -1.23. The molecule has 0 aromatic rings. The maximum absolute atomic E-state index is 10.4. The van der Waals surface area contributed by atoms with Crippen LogP contribution in [0.2, 0.25) is 0 Å². The first-order valence-electron chi connectivity index (χ1n) is 7.54. The molecule has 24 heavy (non-hydrogen) atoms. The molecule has 0 aliphatic heterocycles. The summed E-state index contributed by atoms with van der Waals surface area (Å²) in [5.74, 6) is -5.04. The van der Waals surface area contributed by atoms with Crippen LogP contribution < -0.4 is 15.3 Å². The van der Waals surface area contributed by atoms with Crippen LogP contribution in [0.15, 0.2) is 0 Å². The van der Waals surface area contributed by atoms with Crippen molar-refractivity contribution in [3.63, 3.8) is 0 Å². The Morgan fingerprint density at radius 3 is 0.958 bits per heavy atom. The van der Waals surface area contributed by atoms with Crippen LogP contribution in [0.4, 0.5) is 0 Å².